The van der Waals surface area contributed by atoms with Crippen LogP contribution in [0.2, 0.25) is 0 Å². The van der Waals surface area contributed by atoms with Gasteiger partial charge in [0, 0.05) is 13.1 Å². The van der Waals surface area contributed by atoms with E-state index >= 15 is 0 Å². The van der Waals surface area contributed by atoms with Crippen molar-refractivity contribution in [3.63, 3.8) is 0 Å². The van der Waals surface area contributed by atoms with E-state index in [1.165, 1.54) is 0 Å². The summed E-state index contributed by atoms with van der Waals surface area (Å²) in [6.07, 6.45) is 0. The minimum absolute atomic E-state index is 0.359. The number of hydrogen-bond donors (Lipinski definition) is 0. The van der Waals surface area contributed by atoms with Crippen molar-refractivity contribution in [3.05, 3.63) is 12.0 Å². The summed E-state index contributed by atoms with van der Waals surface area (Å²) in [4.78, 5) is 1.89. The van der Waals surface area contributed by atoms with Crippen LogP contribution in [-0.4, -0.2) is 31.2 Å². The van der Waals surface area contributed by atoms with E-state index in [9.17, 15) is 4.57 Å². The van der Waals surface area contributed by atoms with Gasteiger partial charge in [0.1, 0.15) is 5.44 Å². The van der Waals surface area contributed by atoms with E-state index in [0.717, 1.165) is 13.1 Å². The molecule has 0 fully saturated rings. The maximum absolute atomic E-state index is 12.3. The van der Waals surface area contributed by atoms with Gasteiger partial charge in [0.2, 0.25) is 0 Å². The molecule has 0 atom stereocenters. The van der Waals surface area contributed by atoms with Gasteiger partial charge in [0.15, 0.2) is 0 Å². The Morgan fingerprint density at radius 2 is 1.53 bits per heavy atom. The standard InChI is InChI=1S/C10H22NO3P/c1-6-11(7-2)10(5)15(12,13-8-3)14-9-4/h5-9H2,1-4H3. The number of hydrogen-bond acceptors (Lipinski definition) is 4. The Hall–Kier alpha value is -0.310. The largest absolute Gasteiger partial charge is 0.376 e. The van der Waals surface area contributed by atoms with Gasteiger partial charge < -0.3 is 13.9 Å². The average Bonchev–Trinajstić information content (AvgIpc) is 2.20. The summed E-state index contributed by atoms with van der Waals surface area (Å²) in [5, 5.41) is 0. The molecule has 0 N–H and O–H groups in total. The van der Waals surface area contributed by atoms with Crippen LogP contribution >= 0.6 is 7.60 Å². The highest BCUT2D eigenvalue weighted by Gasteiger charge is 2.30. The normalized spacial score (nSPS) is 11.5. The molecule has 0 bridgehead atoms. The Morgan fingerprint density at radius 3 is 1.80 bits per heavy atom. The number of nitrogens with zero attached hydrogens (tertiary/aromatic N) is 1. The molecular formula is C10H22NO3P. The smallest absolute Gasteiger partial charge is 0.366 e. The molecule has 0 saturated heterocycles. The summed E-state index contributed by atoms with van der Waals surface area (Å²) >= 11 is 0. The van der Waals surface area contributed by atoms with Gasteiger partial charge in [-0.3, -0.25) is 4.57 Å². The molecule has 90 valence electrons. The second-order valence-corrected chi connectivity index (χ2v) is 4.95. The van der Waals surface area contributed by atoms with E-state index in [-0.39, 0.29) is 0 Å². The Bertz CT molecular complexity index is 229. The molecule has 0 aromatic rings. The highest BCUT2D eigenvalue weighted by atomic mass is 31.2. The molecule has 0 aromatic heterocycles. The monoisotopic (exact) mass is 235 g/mol. The molecule has 5 heteroatoms. The first-order valence-corrected chi connectivity index (χ1v) is 6.93. The minimum Gasteiger partial charge on any atom is -0.366 e. The van der Waals surface area contributed by atoms with Gasteiger partial charge >= 0.3 is 7.60 Å². The zero-order chi connectivity index (χ0) is 11.9. The van der Waals surface area contributed by atoms with Crippen molar-refractivity contribution in [2.24, 2.45) is 0 Å². The highest BCUT2D eigenvalue weighted by Crippen LogP contribution is 2.56. The van der Waals surface area contributed by atoms with Crippen molar-refractivity contribution >= 4 is 7.60 Å². The van der Waals surface area contributed by atoms with Gasteiger partial charge in [-0.25, -0.2) is 0 Å². The minimum atomic E-state index is -3.17. The fraction of sp³-hybridized carbons (Fsp3) is 0.800. The van der Waals surface area contributed by atoms with E-state index in [0.29, 0.717) is 18.7 Å². The van der Waals surface area contributed by atoms with E-state index in [1.54, 1.807) is 13.8 Å². The zero-order valence-electron chi connectivity index (χ0n) is 10.2. The van der Waals surface area contributed by atoms with Crippen molar-refractivity contribution in [1.82, 2.24) is 4.90 Å². The average molecular weight is 235 g/mol. The summed E-state index contributed by atoms with van der Waals surface area (Å²) in [5.74, 6) is 0. The molecule has 0 rings (SSSR count). The first-order chi connectivity index (χ1) is 7.05. The molecule has 0 unspecified atom stereocenters. The molecule has 0 aliphatic heterocycles. The van der Waals surface area contributed by atoms with Gasteiger partial charge in [0.05, 0.1) is 13.2 Å². The van der Waals surface area contributed by atoms with E-state index in [4.69, 9.17) is 9.05 Å². The maximum atomic E-state index is 12.3. The van der Waals surface area contributed by atoms with Crippen LogP contribution in [0.25, 0.3) is 0 Å². The molecule has 0 amide bonds. The summed E-state index contributed by atoms with van der Waals surface area (Å²) in [6.45, 7) is 13.6. The van der Waals surface area contributed by atoms with E-state index in [1.807, 2.05) is 18.7 Å². The molecule has 0 heterocycles. The summed E-state index contributed by atoms with van der Waals surface area (Å²) in [7, 11) is -3.17. The van der Waals surface area contributed by atoms with Crippen LogP contribution in [0.3, 0.4) is 0 Å². The quantitative estimate of drug-likeness (QED) is 0.606. The van der Waals surface area contributed by atoms with Gasteiger partial charge in [-0.15, -0.1) is 0 Å². The lowest BCUT2D eigenvalue weighted by Crippen LogP contribution is -2.22. The lowest BCUT2D eigenvalue weighted by Gasteiger charge is -2.28. The number of rotatable bonds is 8. The summed E-state index contributed by atoms with van der Waals surface area (Å²) in [6, 6.07) is 0. The van der Waals surface area contributed by atoms with Gasteiger partial charge in [0.25, 0.3) is 0 Å². The van der Waals surface area contributed by atoms with E-state index in [2.05, 4.69) is 6.58 Å². The van der Waals surface area contributed by atoms with Crippen molar-refractivity contribution in [2.45, 2.75) is 27.7 Å². The van der Waals surface area contributed by atoms with Crippen molar-refractivity contribution in [3.8, 4) is 0 Å². The second-order valence-electron chi connectivity index (χ2n) is 2.92. The molecular weight excluding hydrogens is 213 g/mol. The molecule has 0 spiro atoms. The molecule has 0 aromatic carbocycles. The third-order valence-corrected chi connectivity index (χ3v) is 4.15. The highest BCUT2D eigenvalue weighted by molar-refractivity contribution is 7.58. The lowest BCUT2D eigenvalue weighted by atomic mass is 10.5. The van der Waals surface area contributed by atoms with Crippen molar-refractivity contribution in [2.75, 3.05) is 26.3 Å². The predicted molar refractivity (Wildman–Crippen MR) is 62.9 cm³/mol. The van der Waals surface area contributed by atoms with Crippen LogP contribution in [0.5, 0.6) is 0 Å². The molecule has 4 nitrogen and oxygen atoms in total. The van der Waals surface area contributed by atoms with Crippen LogP contribution in [0.4, 0.5) is 0 Å². The third-order valence-electron chi connectivity index (χ3n) is 2.04. The lowest BCUT2D eigenvalue weighted by molar-refractivity contribution is 0.215. The van der Waals surface area contributed by atoms with Gasteiger partial charge in [-0.1, -0.05) is 6.58 Å². The van der Waals surface area contributed by atoms with Crippen LogP contribution in [0, 0.1) is 0 Å². The molecule has 0 aliphatic carbocycles. The Balaban J connectivity index is 4.75. The second kappa shape index (κ2) is 7.04. The van der Waals surface area contributed by atoms with Crippen LogP contribution in [-0.2, 0) is 13.6 Å². The maximum Gasteiger partial charge on any atom is 0.376 e. The predicted octanol–water partition coefficient (Wildman–Crippen LogP) is 3.07. The SMILES string of the molecule is C=C(N(CC)CC)P(=O)(OCC)OCC. The first-order valence-electron chi connectivity index (χ1n) is 5.39. The fourth-order valence-corrected chi connectivity index (χ4v) is 2.97. The Labute approximate surface area is 92.8 Å². The van der Waals surface area contributed by atoms with Crippen molar-refractivity contribution < 1.29 is 13.6 Å². The Kier molecular flexibility index (Phi) is 6.90. The van der Waals surface area contributed by atoms with Crippen LogP contribution in [0.1, 0.15) is 27.7 Å². The third kappa shape index (κ3) is 3.98. The fourth-order valence-electron chi connectivity index (χ4n) is 1.29. The van der Waals surface area contributed by atoms with Gasteiger partial charge in [-0.05, 0) is 27.7 Å². The van der Waals surface area contributed by atoms with Crippen molar-refractivity contribution in [1.29, 1.82) is 0 Å². The first kappa shape index (κ1) is 14.7. The molecule has 0 saturated carbocycles. The molecule has 15 heavy (non-hydrogen) atoms. The topological polar surface area (TPSA) is 38.8 Å². The Morgan fingerprint density at radius 1 is 1.13 bits per heavy atom. The molecule has 0 aliphatic rings. The molecule has 0 radical (unpaired) electrons. The summed E-state index contributed by atoms with van der Waals surface area (Å²) in [5.41, 5.74) is 0.455. The van der Waals surface area contributed by atoms with E-state index < -0.39 is 7.60 Å². The van der Waals surface area contributed by atoms with Crippen LogP contribution < -0.4 is 0 Å². The summed E-state index contributed by atoms with van der Waals surface area (Å²) < 4.78 is 22.7. The van der Waals surface area contributed by atoms with Gasteiger partial charge in [-0.2, -0.15) is 0 Å². The zero-order valence-corrected chi connectivity index (χ0v) is 11.0. The van der Waals surface area contributed by atoms with Crippen LogP contribution in [0.15, 0.2) is 12.0 Å².